The molecule has 1 N–H and O–H groups in total. The minimum atomic E-state index is -0.664. The van der Waals surface area contributed by atoms with E-state index in [0.29, 0.717) is 25.1 Å². The van der Waals surface area contributed by atoms with E-state index >= 15 is 0 Å². The Morgan fingerprint density at radius 2 is 1.48 bits per heavy atom. The molecule has 3 aromatic rings. The maximum absolute atomic E-state index is 13.3. The molecule has 5 nitrogen and oxygen atoms in total. The van der Waals surface area contributed by atoms with Gasteiger partial charge in [0, 0.05) is 25.6 Å². The molecule has 0 radical (unpaired) electrons. The van der Waals surface area contributed by atoms with Crippen LogP contribution in [0.4, 0.5) is 0 Å². The van der Waals surface area contributed by atoms with Crippen molar-refractivity contribution in [1.29, 1.82) is 0 Å². The minimum Gasteiger partial charge on any atom is -0.494 e. The van der Waals surface area contributed by atoms with Crippen molar-refractivity contribution in [3.8, 4) is 5.75 Å². The number of hydrogen-bond donors (Lipinski definition) is 1. The number of rotatable bonds is 9. The van der Waals surface area contributed by atoms with Gasteiger partial charge >= 0.3 is 0 Å². The number of nitrogens with one attached hydrogen (secondary N) is 1. The Morgan fingerprint density at radius 1 is 0.871 bits per heavy atom. The highest BCUT2D eigenvalue weighted by Gasteiger charge is 2.25. The molecule has 0 aliphatic rings. The van der Waals surface area contributed by atoms with E-state index in [1.807, 2.05) is 67.6 Å². The van der Waals surface area contributed by atoms with Gasteiger partial charge in [0.05, 0.1) is 6.61 Å². The third-order valence-electron chi connectivity index (χ3n) is 4.95. The van der Waals surface area contributed by atoms with Gasteiger partial charge in [-0.25, -0.2) is 0 Å². The summed E-state index contributed by atoms with van der Waals surface area (Å²) < 4.78 is 5.48. The van der Waals surface area contributed by atoms with Gasteiger partial charge < -0.3 is 15.0 Å². The van der Waals surface area contributed by atoms with E-state index in [0.717, 1.165) is 16.9 Å². The van der Waals surface area contributed by atoms with Gasteiger partial charge in [-0.3, -0.25) is 9.59 Å². The van der Waals surface area contributed by atoms with Crippen LogP contribution in [0.25, 0.3) is 0 Å². The van der Waals surface area contributed by atoms with E-state index in [4.69, 9.17) is 4.74 Å². The number of carbonyl (C=O) groups excluding carboxylic acids is 2. The second kappa shape index (κ2) is 11.0. The molecule has 0 aromatic heterocycles. The fourth-order valence-corrected chi connectivity index (χ4v) is 3.36. The van der Waals surface area contributed by atoms with Crippen molar-refractivity contribution in [3.63, 3.8) is 0 Å². The standard InChI is InChI=1S/C26H28N2O3/c1-3-31-23-16-14-21(15-17-23)19-28(2)26(30)24(18-20-10-6-4-7-11-20)27-25(29)22-12-8-5-9-13-22/h4-17,24H,3,18-19H2,1-2H3,(H,27,29). The van der Waals surface area contributed by atoms with Gasteiger partial charge in [0.2, 0.25) is 5.91 Å². The molecule has 160 valence electrons. The lowest BCUT2D eigenvalue weighted by Gasteiger charge is -2.25. The molecule has 5 heteroatoms. The fraction of sp³-hybridized carbons (Fsp3) is 0.231. The van der Waals surface area contributed by atoms with Gasteiger partial charge in [-0.2, -0.15) is 0 Å². The van der Waals surface area contributed by atoms with Crippen LogP contribution in [0.15, 0.2) is 84.9 Å². The number of likely N-dealkylation sites (N-methyl/N-ethyl adjacent to an activating group) is 1. The van der Waals surface area contributed by atoms with Gasteiger partial charge in [-0.15, -0.1) is 0 Å². The number of nitrogens with zero attached hydrogens (tertiary/aromatic N) is 1. The van der Waals surface area contributed by atoms with E-state index in [1.165, 1.54) is 0 Å². The molecule has 0 heterocycles. The first-order valence-corrected chi connectivity index (χ1v) is 10.4. The highest BCUT2D eigenvalue weighted by molar-refractivity contribution is 5.97. The van der Waals surface area contributed by atoms with Crippen LogP contribution >= 0.6 is 0 Å². The first kappa shape index (κ1) is 22.1. The molecule has 0 aliphatic carbocycles. The molecule has 3 rings (SSSR count). The van der Waals surface area contributed by atoms with E-state index in [1.54, 1.807) is 36.2 Å². The van der Waals surface area contributed by atoms with E-state index in [9.17, 15) is 9.59 Å². The summed E-state index contributed by atoms with van der Waals surface area (Å²) in [5.74, 6) is 0.406. The smallest absolute Gasteiger partial charge is 0.251 e. The van der Waals surface area contributed by atoms with Crippen LogP contribution in [0.2, 0.25) is 0 Å². The van der Waals surface area contributed by atoms with Crippen LogP contribution < -0.4 is 10.1 Å². The van der Waals surface area contributed by atoms with Crippen molar-refractivity contribution in [2.45, 2.75) is 25.9 Å². The molecule has 0 bridgehead atoms. The summed E-state index contributed by atoms with van der Waals surface area (Å²) in [5, 5.41) is 2.92. The van der Waals surface area contributed by atoms with E-state index < -0.39 is 6.04 Å². The average Bonchev–Trinajstić information content (AvgIpc) is 2.81. The Balaban J connectivity index is 1.73. The SMILES string of the molecule is CCOc1ccc(CN(C)C(=O)C(Cc2ccccc2)NC(=O)c2ccccc2)cc1. The van der Waals surface area contributed by atoms with Crippen LogP contribution in [0.3, 0.4) is 0 Å². The number of hydrogen-bond acceptors (Lipinski definition) is 3. The highest BCUT2D eigenvalue weighted by atomic mass is 16.5. The highest BCUT2D eigenvalue weighted by Crippen LogP contribution is 2.14. The summed E-state index contributed by atoms with van der Waals surface area (Å²) in [7, 11) is 1.76. The normalized spacial score (nSPS) is 11.4. The van der Waals surface area contributed by atoms with Gasteiger partial charge in [0.25, 0.3) is 5.91 Å². The van der Waals surface area contributed by atoms with Crippen molar-refractivity contribution >= 4 is 11.8 Å². The molecular weight excluding hydrogens is 388 g/mol. The third-order valence-corrected chi connectivity index (χ3v) is 4.95. The Kier molecular flexibility index (Phi) is 7.82. The average molecular weight is 417 g/mol. The number of amides is 2. The molecule has 3 aromatic carbocycles. The monoisotopic (exact) mass is 416 g/mol. The largest absolute Gasteiger partial charge is 0.494 e. The molecule has 0 spiro atoms. The topological polar surface area (TPSA) is 58.6 Å². The molecule has 1 atom stereocenters. The summed E-state index contributed by atoms with van der Waals surface area (Å²) >= 11 is 0. The second-order valence-electron chi connectivity index (χ2n) is 7.35. The Morgan fingerprint density at radius 3 is 2.10 bits per heavy atom. The number of carbonyl (C=O) groups is 2. The van der Waals surface area contributed by atoms with Gasteiger partial charge in [-0.05, 0) is 42.3 Å². The van der Waals surface area contributed by atoms with Crippen LogP contribution in [-0.2, 0) is 17.8 Å². The van der Waals surface area contributed by atoms with Gasteiger partial charge in [0.15, 0.2) is 0 Å². The predicted molar refractivity (Wildman–Crippen MR) is 122 cm³/mol. The van der Waals surface area contributed by atoms with Gasteiger partial charge in [0.1, 0.15) is 11.8 Å². The second-order valence-corrected chi connectivity index (χ2v) is 7.35. The lowest BCUT2D eigenvalue weighted by atomic mass is 10.0. The Bertz CT molecular complexity index is 973. The fourth-order valence-electron chi connectivity index (χ4n) is 3.36. The molecule has 0 saturated heterocycles. The molecular formula is C26H28N2O3. The van der Waals surface area contributed by atoms with E-state index in [2.05, 4.69) is 5.32 Å². The van der Waals surface area contributed by atoms with Gasteiger partial charge in [-0.1, -0.05) is 60.7 Å². The summed E-state index contributed by atoms with van der Waals surface area (Å²) in [6.45, 7) is 2.99. The Hall–Kier alpha value is -3.60. The summed E-state index contributed by atoms with van der Waals surface area (Å²) in [6.07, 6.45) is 0.422. The molecule has 1 unspecified atom stereocenters. The zero-order chi connectivity index (χ0) is 22.1. The first-order chi connectivity index (χ1) is 15.1. The van der Waals surface area contributed by atoms with Crippen molar-refractivity contribution in [3.05, 3.63) is 102 Å². The van der Waals surface area contributed by atoms with Crippen LogP contribution in [0.5, 0.6) is 5.75 Å². The lowest BCUT2D eigenvalue weighted by Crippen LogP contribution is -2.48. The summed E-state index contributed by atoms with van der Waals surface area (Å²) in [6, 6.07) is 25.7. The third kappa shape index (κ3) is 6.44. The molecule has 2 amide bonds. The summed E-state index contributed by atoms with van der Waals surface area (Å²) in [5.41, 5.74) is 2.51. The van der Waals surface area contributed by atoms with E-state index in [-0.39, 0.29) is 11.8 Å². The van der Waals surface area contributed by atoms with Crippen molar-refractivity contribution in [1.82, 2.24) is 10.2 Å². The van der Waals surface area contributed by atoms with Crippen molar-refractivity contribution in [2.24, 2.45) is 0 Å². The lowest BCUT2D eigenvalue weighted by molar-refractivity contribution is -0.132. The zero-order valence-corrected chi connectivity index (χ0v) is 18.0. The van der Waals surface area contributed by atoms with Crippen LogP contribution in [0, 0.1) is 0 Å². The maximum atomic E-state index is 13.3. The maximum Gasteiger partial charge on any atom is 0.251 e. The van der Waals surface area contributed by atoms with Crippen molar-refractivity contribution in [2.75, 3.05) is 13.7 Å². The predicted octanol–water partition coefficient (Wildman–Crippen LogP) is 4.09. The first-order valence-electron chi connectivity index (χ1n) is 10.4. The van der Waals surface area contributed by atoms with Crippen molar-refractivity contribution < 1.29 is 14.3 Å². The quantitative estimate of drug-likeness (QED) is 0.572. The number of ether oxygens (including phenoxy) is 1. The molecule has 0 fully saturated rings. The minimum absolute atomic E-state index is 0.137. The zero-order valence-electron chi connectivity index (χ0n) is 18.0. The van der Waals surface area contributed by atoms with Crippen LogP contribution in [0.1, 0.15) is 28.4 Å². The number of benzene rings is 3. The molecule has 0 saturated carbocycles. The summed E-state index contributed by atoms with van der Waals surface area (Å²) in [4.78, 5) is 27.7. The van der Waals surface area contributed by atoms with Crippen LogP contribution in [-0.4, -0.2) is 36.4 Å². The Labute approximate surface area is 183 Å². The molecule has 0 aliphatic heterocycles. The molecule has 31 heavy (non-hydrogen) atoms.